The SMILES string of the molecule is CN(C)Cc1ccccc1Sc1cccs1. The first-order chi connectivity index (χ1) is 7.75. The lowest BCUT2D eigenvalue weighted by Gasteiger charge is -2.13. The second-order valence-corrected chi connectivity index (χ2v) is 6.17. The third-order valence-corrected chi connectivity index (χ3v) is 4.32. The molecule has 0 aliphatic heterocycles. The third kappa shape index (κ3) is 3.11. The summed E-state index contributed by atoms with van der Waals surface area (Å²) in [7, 11) is 4.21. The van der Waals surface area contributed by atoms with Gasteiger partial charge in [0, 0.05) is 11.4 Å². The second kappa shape index (κ2) is 5.53. The quantitative estimate of drug-likeness (QED) is 0.807. The van der Waals surface area contributed by atoms with E-state index in [1.54, 1.807) is 11.3 Å². The molecule has 0 saturated carbocycles. The summed E-state index contributed by atoms with van der Waals surface area (Å²) in [6.45, 7) is 0.995. The van der Waals surface area contributed by atoms with Gasteiger partial charge in [0.2, 0.25) is 0 Å². The number of thiophene rings is 1. The van der Waals surface area contributed by atoms with Crippen LogP contribution >= 0.6 is 23.1 Å². The first kappa shape index (κ1) is 11.7. The molecule has 0 unspecified atom stereocenters. The smallest absolute Gasteiger partial charge is 0.0646 e. The van der Waals surface area contributed by atoms with Gasteiger partial charge in [-0.05, 0) is 37.2 Å². The molecule has 0 bridgehead atoms. The molecule has 1 nitrogen and oxygen atoms in total. The molecular weight excluding hydrogens is 234 g/mol. The monoisotopic (exact) mass is 249 g/mol. The molecule has 0 N–H and O–H groups in total. The van der Waals surface area contributed by atoms with Crippen LogP contribution in [-0.4, -0.2) is 19.0 Å². The van der Waals surface area contributed by atoms with Crippen molar-refractivity contribution in [2.24, 2.45) is 0 Å². The van der Waals surface area contributed by atoms with Gasteiger partial charge in [0.25, 0.3) is 0 Å². The van der Waals surface area contributed by atoms with Gasteiger partial charge in [-0.25, -0.2) is 0 Å². The minimum absolute atomic E-state index is 0.995. The van der Waals surface area contributed by atoms with Crippen molar-refractivity contribution in [3.8, 4) is 0 Å². The van der Waals surface area contributed by atoms with E-state index < -0.39 is 0 Å². The van der Waals surface area contributed by atoms with Crippen LogP contribution in [0.15, 0.2) is 50.9 Å². The molecule has 2 rings (SSSR count). The molecule has 0 spiro atoms. The Balaban J connectivity index is 2.19. The maximum Gasteiger partial charge on any atom is 0.0646 e. The highest BCUT2D eigenvalue weighted by Gasteiger charge is 2.05. The molecular formula is C13H15NS2. The average Bonchev–Trinajstić information content (AvgIpc) is 2.73. The van der Waals surface area contributed by atoms with E-state index >= 15 is 0 Å². The van der Waals surface area contributed by atoms with Crippen molar-refractivity contribution >= 4 is 23.1 Å². The van der Waals surface area contributed by atoms with Crippen LogP contribution in [0.4, 0.5) is 0 Å². The number of hydrogen-bond acceptors (Lipinski definition) is 3. The fraction of sp³-hybridized carbons (Fsp3) is 0.231. The molecule has 84 valence electrons. The lowest BCUT2D eigenvalue weighted by molar-refractivity contribution is 0.399. The molecule has 0 aliphatic carbocycles. The Bertz CT molecular complexity index is 435. The van der Waals surface area contributed by atoms with Gasteiger partial charge in [0.05, 0.1) is 4.21 Å². The Labute approximate surface area is 105 Å². The average molecular weight is 249 g/mol. The van der Waals surface area contributed by atoms with Gasteiger partial charge in [-0.15, -0.1) is 11.3 Å². The summed E-state index contributed by atoms with van der Waals surface area (Å²) in [5.74, 6) is 0. The molecule has 2 aromatic rings. The number of rotatable bonds is 4. The summed E-state index contributed by atoms with van der Waals surface area (Å²) in [5.41, 5.74) is 1.39. The van der Waals surface area contributed by atoms with Crippen molar-refractivity contribution in [3.05, 3.63) is 47.3 Å². The molecule has 1 aromatic carbocycles. The minimum atomic E-state index is 0.995. The predicted molar refractivity (Wildman–Crippen MR) is 72.3 cm³/mol. The van der Waals surface area contributed by atoms with Crippen molar-refractivity contribution in [3.63, 3.8) is 0 Å². The maximum atomic E-state index is 2.20. The molecule has 0 atom stereocenters. The second-order valence-electron chi connectivity index (χ2n) is 3.88. The van der Waals surface area contributed by atoms with Crippen molar-refractivity contribution in [1.29, 1.82) is 0 Å². The number of nitrogens with zero attached hydrogens (tertiary/aromatic N) is 1. The molecule has 3 heteroatoms. The van der Waals surface area contributed by atoms with E-state index in [9.17, 15) is 0 Å². The molecule has 0 amide bonds. The third-order valence-electron chi connectivity index (χ3n) is 2.16. The summed E-state index contributed by atoms with van der Waals surface area (Å²) in [6.07, 6.45) is 0. The van der Waals surface area contributed by atoms with E-state index in [2.05, 4.69) is 60.8 Å². The summed E-state index contributed by atoms with van der Waals surface area (Å²) in [6, 6.07) is 12.9. The van der Waals surface area contributed by atoms with Crippen molar-refractivity contribution in [1.82, 2.24) is 4.90 Å². The molecule has 16 heavy (non-hydrogen) atoms. The van der Waals surface area contributed by atoms with E-state index in [1.165, 1.54) is 14.7 Å². The standard InChI is InChI=1S/C13H15NS2/c1-14(2)10-11-6-3-4-7-12(11)16-13-8-5-9-15-13/h3-9H,10H2,1-2H3. The van der Waals surface area contributed by atoms with Crippen LogP contribution in [-0.2, 0) is 6.54 Å². The van der Waals surface area contributed by atoms with Crippen molar-refractivity contribution < 1.29 is 0 Å². The summed E-state index contributed by atoms with van der Waals surface area (Å²) in [4.78, 5) is 3.56. The van der Waals surface area contributed by atoms with E-state index in [0.717, 1.165) is 6.54 Å². The van der Waals surface area contributed by atoms with Crippen LogP contribution < -0.4 is 0 Å². The van der Waals surface area contributed by atoms with Gasteiger partial charge in [0.15, 0.2) is 0 Å². The van der Waals surface area contributed by atoms with Gasteiger partial charge in [-0.2, -0.15) is 0 Å². The minimum Gasteiger partial charge on any atom is -0.305 e. The van der Waals surface area contributed by atoms with Crippen LogP contribution in [0.5, 0.6) is 0 Å². The zero-order valence-corrected chi connectivity index (χ0v) is 11.1. The summed E-state index contributed by atoms with van der Waals surface area (Å²) >= 11 is 3.65. The van der Waals surface area contributed by atoms with Crippen LogP contribution in [0.1, 0.15) is 5.56 Å². The fourth-order valence-electron chi connectivity index (χ4n) is 1.50. The highest BCUT2D eigenvalue weighted by molar-refractivity contribution is 8.01. The number of benzene rings is 1. The van der Waals surface area contributed by atoms with E-state index in [4.69, 9.17) is 0 Å². The van der Waals surface area contributed by atoms with Crippen LogP contribution in [0, 0.1) is 0 Å². The van der Waals surface area contributed by atoms with Crippen LogP contribution in [0.3, 0.4) is 0 Å². The lowest BCUT2D eigenvalue weighted by Crippen LogP contribution is -2.11. The lowest BCUT2D eigenvalue weighted by atomic mass is 10.2. The van der Waals surface area contributed by atoms with E-state index in [0.29, 0.717) is 0 Å². The zero-order chi connectivity index (χ0) is 11.4. The Kier molecular flexibility index (Phi) is 4.04. The molecule has 0 saturated heterocycles. The van der Waals surface area contributed by atoms with E-state index in [-0.39, 0.29) is 0 Å². The Hall–Kier alpha value is -0.770. The predicted octanol–water partition coefficient (Wildman–Crippen LogP) is 3.96. The molecule has 0 fully saturated rings. The first-order valence-electron chi connectivity index (χ1n) is 5.19. The zero-order valence-electron chi connectivity index (χ0n) is 9.51. The van der Waals surface area contributed by atoms with E-state index in [1.807, 2.05) is 11.8 Å². The van der Waals surface area contributed by atoms with Gasteiger partial charge in [0.1, 0.15) is 0 Å². The molecule has 0 aliphatic rings. The molecule has 1 heterocycles. The largest absolute Gasteiger partial charge is 0.305 e. The van der Waals surface area contributed by atoms with Crippen molar-refractivity contribution in [2.75, 3.05) is 14.1 Å². The van der Waals surface area contributed by atoms with Crippen LogP contribution in [0.2, 0.25) is 0 Å². The van der Waals surface area contributed by atoms with Gasteiger partial charge in [-0.1, -0.05) is 36.0 Å². The molecule has 0 radical (unpaired) electrons. The topological polar surface area (TPSA) is 3.24 Å². The van der Waals surface area contributed by atoms with Crippen molar-refractivity contribution in [2.45, 2.75) is 15.6 Å². The molecule has 1 aromatic heterocycles. The highest BCUT2D eigenvalue weighted by Crippen LogP contribution is 2.33. The van der Waals surface area contributed by atoms with Gasteiger partial charge >= 0.3 is 0 Å². The van der Waals surface area contributed by atoms with Crippen LogP contribution in [0.25, 0.3) is 0 Å². The first-order valence-corrected chi connectivity index (χ1v) is 6.89. The highest BCUT2D eigenvalue weighted by atomic mass is 32.2. The maximum absolute atomic E-state index is 2.20. The number of hydrogen-bond donors (Lipinski definition) is 0. The van der Waals surface area contributed by atoms with Gasteiger partial charge < -0.3 is 4.90 Å². The Morgan fingerprint density at radius 3 is 2.62 bits per heavy atom. The fourth-order valence-corrected chi connectivity index (χ4v) is 3.36. The normalized spacial score (nSPS) is 10.9. The summed E-state index contributed by atoms with van der Waals surface area (Å²) in [5, 5.41) is 2.12. The van der Waals surface area contributed by atoms with Gasteiger partial charge in [-0.3, -0.25) is 0 Å². The Morgan fingerprint density at radius 2 is 1.94 bits per heavy atom. The summed E-state index contributed by atoms with van der Waals surface area (Å²) < 4.78 is 1.35. The Morgan fingerprint density at radius 1 is 1.12 bits per heavy atom.